The normalized spacial score (nSPS) is 12.0. The van der Waals surface area contributed by atoms with E-state index in [1.165, 1.54) is 24.3 Å². The van der Waals surface area contributed by atoms with Gasteiger partial charge < -0.3 is 14.7 Å². The predicted octanol–water partition coefficient (Wildman–Crippen LogP) is 2.78. The molecule has 0 aromatic heterocycles. The third-order valence-electron chi connectivity index (χ3n) is 3.06. The summed E-state index contributed by atoms with van der Waals surface area (Å²) < 4.78 is 10.4. The van der Waals surface area contributed by atoms with Crippen LogP contribution in [0, 0.1) is 16.0 Å². The van der Waals surface area contributed by atoms with Gasteiger partial charge in [0.05, 0.1) is 30.3 Å². The summed E-state index contributed by atoms with van der Waals surface area (Å²) in [6.07, 6.45) is 3.02. The van der Waals surface area contributed by atoms with Crippen molar-refractivity contribution in [2.24, 2.45) is 11.1 Å². The van der Waals surface area contributed by atoms with Crippen LogP contribution in [0.2, 0.25) is 0 Å². The molecule has 1 unspecified atom stereocenters. The first-order chi connectivity index (χ1) is 11.1. The van der Waals surface area contributed by atoms with Crippen LogP contribution in [0.4, 0.5) is 5.69 Å². The number of rotatable bonds is 10. The van der Waals surface area contributed by atoms with Crippen LogP contribution in [0.3, 0.4) is 0 Å². The number of unbranched alkanes of at least 4 members (excludes halogenated alkanes) is 1. The van der Waals surface area contributed by atoms with E-state index in [0.717, 1.165) is 6.21 Å². The Morgan fingerprint density at radius 3 is 2.65 bits per heavy atom. The highest BCUT2D eigenvalue weighted by atomic mass is 16.6. The van der Waals surface area contributed by atoms with Crippen LogP contribution < -0.4 is 4.74 Å². The van der Waals surface area contributed by atoms with Crippen LogP contribution >= 0.6 is 0 Å². The van der Waals surface area contributed by atoms with E-state index in [1.807, 2.05) is 0 Å². The lowest BCUT2D eigenvalue weighted by atomic mass is 10.0. The quantitative estimate of drug-likeness (QED) is 0.177. The topological polar surface area (TPSA) is 111 Å². The molecule has 0 saturated heterocycles. The van der Waals surface area contributed by atoms with E-state index in [4.69, 9.17) is 14.7 Å². The molecule has 1 aromatic carbocycles. The molecule has 1 aromatic rings. The van der Waals surface area contributed by atoms with Crippen LogP contribution in [-0.4, -0.2) is 35.5 Å². The van der Waals surface area contributed by atoms with Crippen LogP contribution in [0.1, 0.15) is 26.2 Å². The maximum absolute atomic E-state index is 11.6. The molecule has 0 aliphatic heterocycles. The van der Waals surface area contributed by atoms with Crippen molar-refractivity contribution in [2.75, 3.05) is 13.2 Å². The summed E-state index contributed by atoms with van der Waals surface area (Å²) in [4.78, 5) is 21.7. The van der Waals surface area contributed by atoms with Gasteiger partial charge in [-0.1, -0.05) is 0 Å². The Bertz CT molecular complexity index is 529. The molecule has 0 heterocycles. The molecule has 0 spiro atoms. The van der Waals surface area contributed by atoms with Crippen molar-refractivity contribution < 1.29 is 24.4 Å². The molecule has 1 atom stereocenters. The molecule has 8 nitrogen and oxygen atoms in total. The lowest BCUT2D eigenvalue weighted by molar-refractivity contribution is -0.384. The fourth-order valence-corrected chi connectivity index (χ4v) is 1.90. The van der Waals surface area contributed by atoms with Crippen LogP contribution in [0.25, 0.3) is 0 Å². The van der Waals surface area contributed by atoms with E-state index >= 15 is 0 Å². The first-order valence-electron chi connectivity index (χ1n) is 7.30. The summed E-state index contributed by atoms with van der Waals surface area (Å²) in [5.74, 6) is -0.435. The molecule has 0 bridgehead atoms. The number of esters is 1. The van der Waals surface area contributed by atoms with Crippen molar-refractivity contribution in [3.05, 3.63) is 34.4 Å². The highest BCUT2D eigenvalue weighted by Gasteiger charge is 2.17. The highest BCUT2D eigenvalue weighted by molar-refractivity contribution is 5.89. The second kappa shape index (κ2) is 10.1. The summed E-state index contributed by atoms with van der Waals surface area (Å²) in [6, 6.07) is 5.84. The van der Waals surface area contributed by atoms with Crippen LogP contribution in [0.15, 0.2) is 29.4 Å². The molecule has 0 fully saturated rings. The zero-order valence-corrected chi connectivity index (χ0v) is 12.9. The number of nitro groups is 1. The Hall–Kier alpha value is -2.64. The fraction of sp³-hybridized carbons (Fsp3) is 0.467. The number of carbonyl (C=O) groups excluding carboxylic acids is 1. The smallest absolute Gasteiger partial charge is 0.314 e. The minimum atomic E-state index is -0.570. The zero-order chi connectivity index (χ0) is 17.1. The zero-order valence-electron chi connectivity index (χ0n) is 12.9. The Labute approximate surface area is 133 Å². The van der Waals surface area contributed by atoms with Crippen molar-refractivity contribution in [2.45, 2.75) is 26.2 Å². The van der Waals surface area contributed by atoms with Gasteiger partial charge in [0.25, 0.3) is 5.69 Å². The summed E-state index contributed by atoms with van der Waals surface area (Å²) >= 11 is 0. The first kappa shape index (κ1) is 18.4. The van der Waals surface area contributed by atoms with Gasteiger partial charge in [-0.15, -0.1) is 5.16 Å². The predicted molar refractivity (Wildman–Crippen MR) is 82.8 cm³/mol. The van der Waals surface area contributed by atoms with Crippen LogP contribution in [-0.2, 0) is 9.53 Å². The Balaban J connectivity index is 2.30. The van der Waals surface area contributed by atoms with Gasteiger partial charge in [0, 0.05) is 12.1 Å². The summed E-state index contributed by atoms with van der Waals surface area (Å²) in [7, 11) is 0. The molecule has 0 amide bonds. The second-order valence-corrected chi connectivity index (χ2v) is 4.72. The largest absolute Gasteiger partial charge is 0.494 e. The van der Waals surface area contributed by atoms with Gasteiger partial charge in [0.2, 0.25) is 0 Å². The van der Waals surface area contributed by atoms with Gasteiger partial charge >= 0.3 is 5.97 Å². The third kappa shape index (κ3) is 6.77. The minimum absolute atomic E-state index is 0.0120. The van der Waals surface area contributed by atoms with Gasteiger partial charge in [-0.05, 0) is 38.3 Å². The van der Waals surface area contributed by atoms with E-state index in [-0.39, 0.29) is 12.3 Å². The lowest BCUT2D eigenvalue weighted by Gasteiger charge is -2.10. The monoisotopic (exact) mass is 324 g/mol. The van der Waals surface area contributed by atoms with Gasteiger partial charge in [-0.25, -0.2) is 0 Å². The standard InChI is InChI=1S/C15H20N2O6/c1-2-22-15(18)12(11-16-19)5-3-4-10-23-14-8-6-13(7-9-14)17(20)21/h6-9,11-12,19H,2-5,10H2,1H3/b16-11-. The summed E-state index contributed by atoms with van der Waals surface area (Å²) in [5.41, 5.74) is 0.0120. The van der Waals surface area contributed by atoms with E-state index in [1.54, 1.807) is 6.92 Å². The molecular weight excluding hydrogens is 304 g/mol. The number of carbonyl (C=O) groups is 1. The van der Waals surface area contributed by atoms with E-state index in [9.17, 15) is 14.9 Å². The average Bonchev–Trinajstić information content (AvgIpc) is 2.54. The average molecular weight is 324 g/mol. The van der Waals surface area contributed by atoms with E-state index in [0.29, 0.717) is 31.6 Å². The van der Waals surface area contributed by atoms with Crippen molar-refractivity contribution in [3.8, 4) is 5.75 Å². The van der Waals surface area contributed by atoms with Crippen molar-refractivity contribution in [1.82, 2.24) is 0 Å². The molecule has 1 rings (SSSR count). The second-order valence-electron chi connectivity index (χ2n) is 4.72. The minimum Gasteiger partial charge on any atom is -0.494 e. The van der Waals surface area contributed by atoms with Gasteiger partial charge in [0.15, 0.2) is 0 Å². The molecule has 0 aliphatic carbocycles. The first-order valence-corrected chi connectivity index (χ1v) is 7.30. The highest BCUT2D eigenvalue weighted by Crippen LogP contribution is 2.18. The van der Waals surface area contributed by atoms with Gasteiger partial charge in [-0.2, -0.15) is 0 Å². The van der Waals surface area contributed by atoms with E-state index < -0.39 is 16.8 Å². The number of non-ortho nitro benzene ring substituents is 1. The summed E-state index contributed by atoms with van der Waals surface area (Å²) in [5, 5.41) is 22.0. The van der Waals surface area contributed by atoms with Crippen molar-refractivity contribution in [1.29, 1.82) is 0 Å². The van der Waals surface area contributed by atoms with Gasteiger partial charge in [0.1, 0.15) is 5.75 Å². The Morgan fingerprint density at radius 2 is 2.09 bits per heavy atom. The lowest BCUT2D eigenvalue weighted by Crippen LogP contribution is -2.19. The SMILES string of the molecule is CCOC(=O)C(/C=N\O)CCCCOc1ccc([N+](=O)[O-])cc1. The number of ether oxygens (including phenoxy) is 2. The number of hydrogen-bond donors (Lipinski definition) is 1. The molecule has 23 heavy (non-hydrogen) atoms. The van der Waals surface area contributed by atoms with Gasteiger partial charge in [-0.3, -0.25) is 14.9 Å². The molecule has 1 N–H and O–H groups in total. The number of oxime groups is 1. The van der Waals surface area contributed by atoms with Crippen molar-refractivity contribution in [3.63, 3.8) is 0 Å². The Kier molecular flexibility index (Phi) is 8.12. The molecule has 8 heteroatoms. The number of hydrogen-bond acceptors (Lipinski definition) is 7. The maximum Gasteiger partial charge on any atom is 0.314 e. The number of nitro benzene ring substituents is 1. The number of benzene rings is 1. The molecule has 0 saturated carbocycles. The molecule has 0 aliphatic rings. The van der Waals surface area contributed by atoms with Crippen molar-refractivity contribution >= 4 is 17.9 Å². The van der Waals surface area contributed by atoms with E-state index in [2.05, 4.69) is 5.16 Å². The Morgan fingerprint density at radius 1 is 1.39 bits per heavy atom. The summed E-state index contributed by atoms with van der Waals surface area (Å²) in [6.45, 7) is 2.41. The fourth-order valence-electron chi connectivity index (χ4n) is 1.90. The third-order valence-corrected chi connectivity index (χ3v) is 3.06. The van der Waals surface area contributed by atoms with Crippen LogP contribution in [0.5, 0.6) is 5.75 Å². The molecular formula is C15H20N2O6. The molecule has 0 radical (unpaired) electrons. The molecule has 126 valence electrons. The number of nitrogens with zero attached hydrogens (tertiary/aromatic N) is 2. The maximum atomic E-state index is 11.6.